The molecule has 0 heterocycles. The van der Waals surface area contributed by atoms with Crippen molar-refractivity contribution in [2.75, 3.05) is 0 Å². The Labute approximate surface area is 191 Å². The Hall–Kier alpha value is -0.414. The molecule has 0 aliphatic carbocycles. The number of aryl methyl sites for hydroxylation is 1. The smallest absolute Gasteiger partial charge is 0.872 e. The summed E-state index contributed by atoms with van der Waals surface area (Å²) < 4.78 is 38.8. The molecular formula is C18H21KO5S. The van der Waals surface area contributed by atoms with E-state index in [1.807, 2.05) is 0 Å². The van der Waals surface area contributed by atoms with Crippen molar-refractivity contribution in [2.45, 2.75) is 43.9 Å². The van der Waals surface area contributed by atoms with Crippen molar-refractivity contribution in [1.82, 2.24) is 0 Å². The van der Waals surface area contributed by atoms with Gasteiger partial charge in [0.15, 0.2) is 0 Å². The summed E-state index contributed by atoms with van der Waals surface area (Å²) in [5, 5.41) is 11.4. The van der Waals surface area contributed by atoms with E-state index < -0.39 is 10.1 Å². The monoisotopic (exact) mass is 388 g/mol. The van der Waals surface area contributed by atoms with Crippen LogP contribution < -0.4 is 61.2 Å². The van der Waals surface area contributed by atoms with E-state index in [-0.39, 0.29) is 73.5 Å². The van der Waals surface area contributed by atoms with Gasteiger partial charge in [-0.05, 0) is 36.6 Å². The summed E-state index contributed by atoms with van der Waals surface area (Å²) >= 11 is 0. The van der Waals surface area contributed by atoms with E-state index in [9.17, 15) is 18.1 Å². The summed E-state index contributed by atoms with van der Waals surface area (Å²) in [5.74, 6) is 0.0169. The molecule has 0 radical (unpaired) electrons. The molecule has 1 N–H and O–H groups in total. The van der Waals surface area contributed by atoms with Crippen LogP contribution in [0.3, 0.4) is 0 Å². The number of rotatable bonds is 8. The van der Waals surface area contributed by atoms with Crippen molar-refractivity contribution in [1.29, 1.82) is 0 Å². The van der Waals surface area contributed by atoms with Gasteiger partial charge in [-0.15, -0.1) is 5.75 Å². The van der Waals surface area contributed by atoms with Crippen LogP contribution in [0.4, 0.5) is 0 Å². The molecule has 2 aromatic rings. The molecule has 0 atom stereocenters. The number of unbranched alkanes of at least 4 members (excludes halogenated alkanes) is 3. The quantitative estimate of drug-likeness (QED) is 0.413. The van der Waals surface area contributed by atoms with Gasteiger partial charge in [0.25, 0.3) is 10.1 Å². The molecule has 2 rings (SSSR count). The van der Waals surface area contributed by atoms with Gasteiger partial charge in [0, 0.05) is 0 Å². The van der Waals surface area contributed by atoms with Gasteiger partial charge in [-0.25, -0.2) is 0 Å². The first-order valence-corrected chi connectivity index (χ1v) is 9.40. The van der Waals surface area contributed by atoms with Crippen molar-refractivity contribution < 1.29 is 74.2 Å². The van der Waals surface area contributed by atoms with E-state index in [0.717, 1.165) is 25.7 Å². The molecule has 0 saturated heterocycles. The third-order valence-electron chi connectivity index (χ3n) is 3.65. The fraction of sp³-hybridized carbons (Fsp3) is 0.333. The van der Waals surface area contributed by atoms with Crippen molar-refractivity contribution >= 4 is 10.1 Å². The van der Waals surface area contributed by atoms with Gasteiger partial charge < -0.3 is 9.84 Å². The molecule has 5 nitrogen and oxygen atoms in total. The van der Waals surface area contributed by atoms with Crippen LogP contribution in [0.1, 0.15) is 38.2 Å². The summed E-state index contributed by atoms with van der Waals surface area (Å²) in [7, 11) is -4.44. The molecular weight excluding hydrogens is 367 g/mol. The summed E-state index contributed by atoms with van der Waals surface area (Å²) in [4.78, 5) is -0.224. The maximum Gasteiger partial charge on any atom is 1.00 e. The maximum atomic E-state index is 11.8. The van der Waals surface area contributed by atoms with E-state index in [4.69, 9.17) is 4.74 Å². The number of benzene rings is 2. The minimum Gasteiger partial charge on any atom is -0.872 e. The van der Waals surface area contributed by atoms with Crippen LogP contribution in [0.15, 0.2) is 47.4 Å². The first kappa shape index (κ1) is 22.6. The Kier molecular flexibility index (Phi) is 9.65. The first-order chi connectivity index (χ1) is 11.4. The number of hydrogen-bond donors (Lipinski definition) is 1. The molecule has 0 spiro atoms. The molecule has 0 fully saturated rings. The SMILES string of the molecule is CCCCCCc1cccc(Oc2cccc([O-])c2)c1S(=O)(=O)O.[K+]. The standard InChI is InChI=1S/C18H22O5S.K/c1-2-3-4-5-8-14-9-6-12-17(18(14)24(20,21)22)23-16-11-7-10-15(19)13-16;/h6-7,9-13,19H,2-5,8H2,1H3,(H,20,21,22);/q;+1/p-1. The molecule has 0 aliphatic rings. The van der Waals surface area contributed by atoms with Crippen LogP contribution in [0.2, 0.25) is 0 Å². The molecule has 0 amide bonds. The van der Waals surface area contributed by atoms with Gasteiger partial charge in [0.1, 0.15) is 16.4 Å². The maximum absolute atomic E-state index is 11.8. The van der Waals surface area contributed by atoms with Crippen molar-refractivity contribution in [3.63, 3.8) is 0 Å². The van der Waals surface area contributed by atoms with E-state index in [2.05, 4.69) is 6.92 Å². The van der Waals surface area contributed by atoms with Crippen molar-refractivity contribution in [3.05, 3.63) is 48.0 Å². The predicted molar refractivity (Wildman–Crippen MR) is 90.1 cm³/mol. The summed E-state index contributed by atoms with van der Waals surface area (Å²) in [5.41, 5.74) is 0.518. The normalized spacial score (nSPS) is 11.0. The minimum absolute atomic E-state index is 0. The van der Waals surface area contributed by atoms with Crippen LogP contribution in [-0.2, 0) is 16.5 Å². The average Bonchev–Trinajstić information content (AvgIpc) is 2.50. The predicted octanol–water partition coefficient (Wildman–Crippen LogP) is 0.926. The third-order valence-corrected chi connectivity index (χ3v) is 4.63. The number of ether oxygens (including phenoxy) is 1. The van der Waals surface area contributed by atoms with Crippen molar-refractivity contribution in [2.24, 2.45) is 0 Å². The fourth-order valence-corrected chi connectivity index (χ4v) is 3.40. The van der Waals surface area contributed by atoms with E-state index in [1.54, 1.807) is 18.2 Å². The molecule has 0 unspecified atom stereocenters. The summed E-state index contributed by atoms with van der Waals surface area (Å²) in [6.45, 7) is 2.10. The third kappa shape index (κ3) is 7.01. The topological polar surface area (TPSA) is 86.7 Å². The van der Waals surface area contributed by atoms with E-state index in [1.165, 1.54) is 24.3 Å². The van der Waals surface area contributed by atoms with E-state index >= 15 is 0 Å². The van der Waals surface area contributed by atoms with Crippen LogP contribution in [-0.4, -0.2) is 13.0 Å². The Morgan fingerprint density at radius 2 is 1.80 bits per heavy atom. The molecule has 0 aromatic heterocycles. The second-order valence-corrected chi connectivity index (χ2v) is 6.97. The molecule has 130 valence electrons. The zero-order valence-electron chi connectivity index (χ0n) is 14.6. The van der Waals surface area contributed by atoms with Gasteiger partial charge in [-0.3, -0.25) is 4.55 Å². The minimum atomic E-state index is -4.44. The molecule has 7 heteroatoms. The fourth-order valence-electron chi connectivity index (χ4n) is 2.54. The van der Waals surface area contributed by atoms with Crippen LogP contribution in [0, 0.1) is 0 Å². The van der Waals surface area contributed by atoms with Crippen LogP contribution in [0.5, 0.6) is 17.2 Å². The molecule has 2 aromatic carbocycles. The second-order valence-electron chi connectivity index (χ2n) is 5.61. The summed E-state index contributed by atoms with van der Waals surface area (Å²) in [6, 6.07) is 10.5. The van der Waals surface area contributed by atoms with Crippen LogP contribution >= 0.6 is 0 Å². The summed E-state index contributed by atoms with van der Waals surface area (Å²) in [6.07, 6.45) is 4.52. The van der Waals surface area contributed by atoms with E-state index in [0.29, 0.717) is 12.0 Å². The molecule has 25 heavy (non-hydrogen) atoms. The van der Waals surface area contributed by atoms with Crippen LogP contribution in [0.25, 0.3) is 0 Å². The second kappa shape index (κ2) is 10.7. The zero-order chi connectivity index (χ0) is 17.6. The van der Waals surface area contributed by atoms with Gasteiger partial charge >= 0.3 is 51.4 Å². The van der Waals surface area contributed by atoms with Gasteiger partial charge in [0.2, 0.25) is 0 Å². The number of hydrogen-bond acceptors (Lipinski definition) is 4. The average molecular weight is 389 g/mol. The zero-order valence-corrected chi connectivity index (χ0v) is 18.5. The Bertz CT molecular complexity index is 790. The van der Waals surface area contributed by atoms with Gasteiger partial charge in [0.05, 0.1) is 0 Å². The largest absolute Gasteiger partial charge is 1.00 e. The van der Waals surface area contributed by atoms with Gasteiger partial charge in [-0.2, -0.15) is 8.42 Å². The van der Waals surface area contributed by atoms with Crippen molar-refractivity contribution in [3.8, 4) is 17.2 Å². The molecule has 0 bridgehead atoms. The first-order valence-electron chi connectivity index (χ1n) is 7.96. The molecule has 0 saturated carbocycles. The molecule has 0 aliphatic heterocycles. The van der Waals surface area contributed by atoms with Gasteiger partial charge in [-0.1, -0.05) is 50.5 Å². The Balaban J connectivity index is 0.00000312. The Morgan fingerprint density at radius 1 is 1.08 bits per heavy atom. The Morgan fingerprint density at radius 3 is 2.44 bits per heavy atom.